The van der Waals surface area contributed by atoms with Crippen LogP contribution in [0.2, 0.25) is 0 Å². The van der Waals surface area contributed by atoms with E-state index in [1.54, 1.807) is 36.5 Å². The zero-order chi connectivity index (χ0) is 21.6. The number of benzene rings is 2. The topological polar surface area (TPSA) is 105 Å². The Labute approximate surface area is 183 Å². The van der Waals surface area contributed by atoms with Gasteiger partial charge in [0, 0.05) is 17.4 Å². The zero-order valence-corrected chi connectivity index (χ0v) is 17.4. The number of aromatic nitrogens is 3. The van der Waals surface area contributed by atoms with Crippen LogP contribution in [-0.2, 0) is 4.79 Å². The van der Waals surface area contributed by atoms with E-state index in [1.165, 1.54) is 11.8 Å². The molecule has 1 amide bonds. The molecule has 0 radical (unpaired) electrons. The highest BCUT2D eigenvalue weighted by atomic mass is 32.2. The van der Waals surface area contributed by atoms with E-state index < -0.39 is 0 Å². The molecule has 7 nitrogen and oxygen atoms in total. The molecule has 0 aliphatic heterocycles. The van der Waals surface area contributed by atoms with Crippen molar-refractivity contribution in [2.75, 3.05) is 11.1 Å². The van der Waals surface area contributed by atoms with Gasteiger partial charge >= 0.3 is 0 Å². The molecule has 0 saturated heterocycles. The average molecular weight is 427 g/mol. The normalized spacial score (nSPS) is 10.5. The minimum absolute atomic E-state index is 0.139. The zero-order valence-electron chi connectivity index (χ0n) is 16.6. The number of nitrogens with zero attached hydrogens (tertiary/aromatic N) is 4. The van der Waals surface area contributed by atoms with Crippen molar-refractivity contribution in [3.8, 4) is 28.9 Å². The van der Waals surface area contributed by atoms with Gasteiger partial charge in [0.2, 0.25) is 11.7 Å². The summed E-state index contributed by atoms with van der Waals surface area (Å²) in [4.78, 5) is 21.2. The molecule has 4 rings (SSSR count). The molecular weight excluding hydrogens is 410 g/mol. The summed E-state index contributed by atoms with van der Waals surface area (Å²) in [6.45, 7) is 2.01. The molecule has 0 spiro atoms. The van der Waals surface area contributed by atoms with E-state index in [4.69, 9.17) is 9.78 Å². The van der Waals surface area contributed by atoms with Crippen molar-refractivity contribution in [3.05, 3.63) is 78.0 Å². The van der Waals surface area contributed by atoms with E-state index in [2.05, 4.69) is 26.5 Å². The Morgan fingerprint density at radius 1 is 1.16 bits per heavy atom. The number of thioether (sulfide) groups is 1. The third-order valence-corrected chi connectivity index (χ3v) is 5.36. The lowest BCUT2D eigenvalue weighted by Crippen LogP contribution is -2.14. The summed E-state index contributed by atoms with van der Waals surface area (Å²) in [6.07, 6.45) is 1.65. The van der Waals surface area contributed by atoms with Crippen molar-refractivity contribution < 1.29 is 9.32 Å². The second-order valence-electron chi connectivity index (χ2n) is 6.67. The molecule has 0 fully saturated rings. The van der Waals surface area contributed by atoms with Crippen molar-refractivity contribution in [1.29, 1.82) is 5.26 Å². The van der Waals surface area contributed by atoms with Gasteiger partial charge in [0.05, 0.1) is 22.9 Å². The Bertz CT molecular complexity index is 1260. The lowest BCUT2D eigenvalue weighted by atomic mass is 10.1. The molecule has 0 atom stereocenters. The second kappa shape index (κ2) is 9.24. The molecular formula is C23H17N5O2S. The minimum Gasteiger partial charge on any atom is -0.334 e. The summed E-state index contributed by atoms with van der Waals surface area (Å²) < 4.78 is 5.46. The number of pyridine rings is 1. The molecule has 8 heteroatoms. The summed E-state index contributed by atoms with van der Waals surface area (Å²) in [6, 6.07) is 20.3. The molecule has 2 aromatic carbocycles. The highest BCUT2D eigenvalue weighted by molar-refractivity contribution is 8.00. The maximum atomic E-state index is 12.4. The van der Waals surface area contributed by atoms with E-state index in [9.17, 15) is 4.79 Å². The van der Waals surface area contributed by atoms with Crippen LogP contribution in [0.15, 0.2) is 76.4 Å². The number of aryl methyl sites for hydroxylation is 1. The Morgan fingerprint density at radius 3 is 2.81 bits per heavy atom. The van der Waals surface area contributed by atoms with Crippen molar-refractivity contribution in [3.63, 3.8) is 0 Å². The van der Waals surface area contributed by atoms with Crippen LogP contribution in [0.4, 0.5) is 5.69 Å². The highest BCUT2D eigenvalue weighted by Crippen LogP contribution is 2.30. The predicted molar refractivity (Wildman–Crippen MR) is 118 cm³/mol. The number of carbonyl (C=O) groups excluding carboxylic acids is 1. The van der Waals surface area contributed by atoms with Crippen LogP contribution in [0.3, 0.4) is 0 Å². The van der Waals surface area contributed by atoms with Gasteiger partial charge in [0.1, 0.15) is 5.03 Å². The SMILES string of the molecule is Cc1ccc(-c2noc(-c3cccnc3SCC(=O)Nc3cccc(C#N)c3)n2)cc1. The van der Waals surface area contributed by atoms with Gasteiger partial charge in [0.25, 0.3) is 5.89 Å². The summed E-state index contributed by atoms with van der Waals surface area (Å²) >= 11 is 1.27. The quantitative estimate of drug-likeness (QED) is 0.444. The van der Waals surface area contributed by atoms with Crippen LogP contribution in [0, 0.1) is 18.3 Å². The van der Waals surface area contributed by atoms with Gasteiger partial charge < -0.3 is 9.84 Å². The Morgan fingerprint density at radius 2 is 2.00 bits per heavy atom. The lowest BCUT2D eigenvalue weighted by molar-refractivity contribution is -0.113. The van der Waals surface area contributed by atoms with E-state index in [0.29, 0.717) is 33.6 Å². The number of amides is 1. The van der Waals surface area contributed by atoms with Crippen molar-refractivity contribution >= 4 is 23.4 Å². The predicted octanol–water partition coefficient (Wildman–Crippen LogP) is 4.71. The number of anilines is 1. The lowest BCUT2D eigenvalue weighted by Gasteiger charge is -2.06. The second-order valence-corrected chi connectivity index (χ2v) is 7.64. The van der Waals surface area contributed by atoms with Crippen LogP contribution in [-0.4, -0.2) is 26.8 Å². The van der Waals surface area contributed by atoms with Crippen molar-refractivity contribution in [2.24, 2.45) is 0 Å². The molecule has 0 bridgehead atoms. The maximum Gasteiger partial charge on any atom is 0.260 e. The van der Waals surface area contributed by atoms with Crippen LogP contribution in [0.1, 0.15) is 11.1 Å². The van der Waals surface area contributed by atoms with Crippen LogP contribution < -0.4 is 5.32 Å². The third kappa shape index (κ3) is 4.97. The van der Waals surface area contributed by atoms with Gasteiger partial charge in [-0.15, -0.1) is 0 Å². The van der Waals surface area contributed by atoms with E-state index in [-0.39, 0.29) is 11.7 Å². The summed E-state index contributed by atoms with van der Waals surface area (Å²) in [5, 5.41) is 16.5. The molecule has 152 valence electrons. The van der Waals surface area contributed by atoms with Gasteiger partial charge in [-0.05, 0) is 37.3 Å². The minimum atomic E-state index is -0.206. The first-order valence-electron chi connectivity index (χ1n) is 9.41. The van der Waals surface area contributed by atoms with Crippen molar-refractivity contribution in [2.45, 2.75) is 11.9 Å². The van der Waals surface area contributed by atoms with Gasteiger partial charge in [-0.2, -0.15) is 10.2 Å². The highest BCUT2D eigenvalue weighted by Gasteiger charge is 2.16. The molecule has 1 N–H and O–H groups in total. The number of hydrogen-bond donors (Lipinski definition) is 1. The first-order chi connectivity index (χ1) is 15.1. The molecule has 4 aromatic rings. The fraction of sp³-hybridized carbons (Fsp3) is 0.0870. The number of nitriles is 1. The number of rotatable bonds is 6. The summed E-state index contributed by atoms with van der Waals surface area (Å²) in [5.74, 6) is 0.764. The fourth-order valence-corrected chi connectivity index (χ4v) is 3.61. The maximum absolute atomic E-state index is 12.4. The molecule has 2 aromatic heterocycles. The third-order valence-electron chi connectivity index (χ3n) is 4.35. The fourth-order valence-electron chi connectivity index (χ4n) is 2.82. The number of nitrogens with one attached hydrogen (secondary N) is 1. The largest absolute Gasteiger partial charge is 0.334 e. The summed E-state index contributed by atoms with van der Waals surface area (Å²) in [7, 11) is 0. The molecule has 2 heterocycles. The Kier molecular flexibility index (Phi) is 6.05. The smallest absolute Gasteiger partial charge is 0.260 e. The van der Waals surface area contributed by atoms with Crippen molar-refractivity contribution in [1.82, 2.24) is 15.1 Å². The number of hydrogen-bond acceptors (Lipinski definition) is 7. The Hall–Kier alpha value is -3.96. The van der Waals surface area contributed by atoms with Crippen LogP contribution >= 0.6 is 11.8 Å². The standard InChI is InChI=1S/C23H17N5O2S/c1-15-7-9-17(10-8-15)21-27-22(30-28-21)19-6-3-11-25-23(19)31-14-20(29)26-18-5-2-4-16(12-18)13-24/h2-12H,14H2,1H3,(H,26,29). The van der Waals surface area contributed by atoms with E-state index in [0.717, 1.165) is 11.1 Å². The molecule has 31 heavy (non-hydrogen) atoms. The molecule has 0 aliphatic rings. The molecule has 0 aliphatic carbocycles. The van der Waals surface area contributed by atoms with Gasteiger partial charge in [0.15, 0.2) is 0 Å². The molecule has 0 unspecified atom stereocenters. The van der Waals surface area contributed by atoms with Crippen LogP contribution in [0.25, 0.3) is 22.8 Å². The Balaban J connectivity index is 1.47. The first-order valence-corrected chi connectivity index (χ1v) is 10.4. The van der Waals surface area contributed by atoms with Gasteiger partial charge in [-0.25, -0.2) is 4.98 Å². The van der Waals surface area contributed by atoms with E-state index in [1.807, 2.05) is 37.3 Å². The number of carbonyl (C=O) groups is 1. The monoisotopic (exact) mass is 427 g/mol. The van der Waals surface area contributed by atoms with Gasteiger partial charge in [-0.1, -0.05) is 52.8 Å². The van der Waals surface area contributed by atoms with Crippen LogP contribution in [0.5, 0.6) is 0 Å². The average Bonchev–Trinajstić information content (AvgIpc) is 3.28. The summed E-state index contributed by atoms with van der Waals surface area (Å²) in [5.41, 5.74) is 3.73. The van der Waals surface area contributed by atoms with E-state index >= 15 is 0 Å². The molecule has 0 saturated carbocycles. The van der Waals surface area contributed by atoms with Gasteiger partial charge in [-0.3, -0.25) is 4.79 Å². The first kappa shape index (κ1) is 20.3.